The molecule has 0 aliphatic carbocycles. The fourth-order valence-electron chi connectivity index (χ4n) is 9.08. The highest BCUT2D eigenvalue weighted by Crippen LogP contribution is 2.23. The maximum atomic E-state index is 13.1. The summed E-state index contributed by atoms with van der Waals surface area (Å²) in [4.78, 5) is 13.1. The Morgan fingerprint density at radius 2 is 0.908 bits per heavy atom. The van der Waals surface area contributed by atoms with E-state index in [4.69, 9.17) is 9.47 Å². The van der Waals surface area contributed by atoms with E-state index < -0.39 is 49.5 Å². The van der Waals surface area contributed by atoms with Crippen molar-refractivity contribution in [3.63, 3.8) is 0 Å². The minimum Gasteiger partial charge on any atom is -0.394 e. The van der Waals surface area contributed by atoms with Gasteiger partial charge in [0.2, 0.25) is 5.91 Å². The van der Waals surface area contributed by atoms with Crippen LogP contribution in [-0.2, 0) is 14.3 Å². The van der Waals surface area contributed by atoms with Crippen molar-refractivity contribution in [3.05, 3.63) is 24.3 Å². The molecule has 0 saturated carbocycles. The second-order valence-electron chi connectivity index (χ2n) is 19.7. The Bertz CT molecular complexity index is 1070. The molecule has 9 heteroatoms. The van der Waals surface area contributed by atoms with Gasteiger partial charge in [-0.2, -0.15) is 0 Å². The summed E-state index contributed by atoms with van der Waals surface area (Å²) in [6.45, 7) is 3.85. The topological polar surface area (TPSA) is 149 Å². The van der Waals surface area contributed by atoms with E-state index in [9.17, 15) is 30.3 Å². The van der Waals surface area contributed by atoms with Gasteiger partial charge >= 0.3 is 0 Å². The monoisotopic (exact) mass is 922 g/mol. The van der Waals surface area contributed by atoms with E-state index in [1.807, 2.05) is 0 Å². The Hall–Kier alpha value is -1.33. The molecule has 0 aromatic carbocycles. The molecule has 1 saturated heterocycles. The summed E-state index contributed by atoms with van der Waals surface area (Å²) in [5.74, 6) is -0.142. The summed E-state index contributed by atoms with van der Waals surface area (Å²) < 4.78 is 11.3. The highest BCUT2D eigenvalue weighted by Gasteiger charge is 2.44. The molecule has 0 bridgehead atoms. The highest BCUT2D eigenvalue weighted by molar-refractivity contribution is 5.76. The molecule has 1 rings (SSSR count). The maximum absolute atomic E-state index is 13.1. The second-order valence-corrected chi connectivity index (χ2v) is 19.7. The molecule has 0 aromatic rings. The van der Waals surface area contributed by atoms with Gasteiger partial charge in [0.05, 0.1) is 25.4 Å². The standard InChI is InChI=1S/C56H107NO8/c1-3-5-7-9-11-13-15-17-19-21-22-23-24-25-26-27-28-30-32-34-36-38-40-42-44-46-52(60)57-49(48-64-56-55(63)54(62)53(61)51(47-58)65-56)50(59)45-43-41-39-37-35-33-31-29-20-18-16-14-12-10-8-6-4-2/h15,17,21-22,49-51,53-56,58-59,61-63H,3-14,16,18-20,23-48H2,1-2H3,(H,57,60)/b17-15-,22-21-. The smallest absolute Gasteiger partial charge is 0.220 e. The van der Waals surface area contributed by atoms with E-state index >= 15 is 0 Å². The van der Waals surface area contributed by atoms with Crippen molar-refractivity contribution >= 4 is 5.91 Å². The van der Waals surface area contributed by atoms with Gasteiger partial charge in [-0.25, -0.2) is 0 Å². The van der Waals surface area contributed by atoms with E-state index in [-0.39, 0.29) is 12.5 Å². The number of aliphatic hydroxyl groups is 5. The van der Waals surface area contributed by atoms with E-state index in [2.05, 4.69) is 43.5 Å². The van der Waals surface area contributed by atoms with Gasteiger partial charge in [-0.3, -0.25) is 4.79 Å². The predicted octanol–water partition coefficient (Wildman–Crippen LogP) is 13.4. The number of carbonyl (C=O) groups excluding carboxylic acids is 1. The Kier molecular flexibility index (Phi) is 44.0. The van der Waals surface area contributed by atoms with Gasteiger partial charge in [-0.15, -0.1) is 0 Å². The third-order valence-electron chi connectivity index (χ3n) is 13.6. The van der Waals surface area contributed by atoms with Crippen LogP contribution in [0.15, 0.2) is 24.3 Å². The maximum Gasteiger partial charge on any atom is 0.220 e. The molecular formula is C56H107NO8. The number of rotatable bonds is 48. The molecule has 7 unspecified atom stereocenters. The number of unbranched alkanes of at least 4 members (excludes halogenated alkanes) is 34. The van der Waals surface area contributed by atoms with Crippen molar-refractivity contribution in [2.45, 2.75) is 314 Å². The molecule has 1 fully saturated rings. The number of aliphatic hydroxyl groups excluding tert-OH is 5. The highest BCUT2D eigenvalue weighted by atomic mass is 16.7. The van der Waals surface area contributed by atoms with Crippen molar-refractivity contribution < 1.29 is 39.8 Å². The van der Waals surface area contributed by atoms with Crippen LogP contribution < -0.4 is 5.32 Å². The van der Waals surface area contributed by atoms with E-state index in [1.54, 1.807) is 0 Å². The summed E-state index contributed by atoms with van der Waals surface area (Å²) in [5.41, 5.74) is 0. The number of nitrogens with one attached hydrogen (secondary N) is 1. The molecule has 1 aliphatic rings. The molecule has 1 aliphatic heterocycles. The third kappa shape index (κ3) is 36.3. The van der Waals surface area contributed by atoms with Gasteiger partial charge in [-0.1, -0.05) is 244 Å². The van der Waals surface area contributed by atoms with Gasteiger partial charge in [0, 0.05) is 6.42 Å². The van der Waals surface area contributed by atoms with E-state index in [0.717, 1.165) is 44.9 Å². The zero-order valence-corrected chi connectivity index (χ0v) is 42.5. The number of amides is 1. The average molecular weight is 922 g/mol. The fourth-order valence-corrected chi connectivity index (χ4v) is 9.08. The molecule has 0 aromatic heterocycles. The molecule has 65 heavy (non-hydrogen) atoms. The first-order valence-electron chi connectivity index (χ1n) is 28.0. The first-order chi connectivity index (χ1) is 31.8. The lowest BCUT2D eigenvalue weighted by Crippen LogP contribution is -2.60. The summed E-state index contributed by atoms with van der Waals surface area (Å²) in [7, 11) is 0. The van der Waals surface area contributed by atoms with Crippen LogP contribution in [0.2, 0.25) is 0 Å². The van der Waals surface area contributed by atoms with Gasteiger partial charge in [0.1, 0.15) is 24.4 Å². The summed E-state index contributed by atoms with van der Waals surface area (Å²) in [5, 5.41) is 54.6. The second kappa shape index (κ2) is 46.4. The van der Waals surface area contributed by atoms with Crippen LogP contribution in [0, 0.1) is 0 Å². The Balaban J connectivity index is 2.20. The van der Waals surface area contributed by atoms with Crippen LogP contribution in [-0.4, -0.2) is 87.5 Å². The Morgan fingerprint density at radius 1 is 0.523 bits per heavy atom. The van der Waals surface area contributed by atoms with Gasteiger partial charge in [0.25, 0.3) is 0 Å². The van der Waals surface area contributed by atoms with Gasteiger partial charge in [0.15, 0.2) is 6.29 Å². The quantitative estimate of drug-likeness (QED) is 0.0261. The minimum absolute atomic E-state index is 0.135. The average Bonchev–Trinajstić information content (AvgIpc) is 3.31. The zero-order valence-electron chi connectivity index (χ0n) is 42.5. The number of hydrogen-bond donors (Lipinski definition) is 6. The normalized spacial score (nSPS) is 20.0. The number of ether oxygens (including phenoxy) is 2. The van der Waals surface area contributed by atoms with E-state index in [1.165, 1.54) is 199 Å². The third-order valence-corrected chi connectivity index (χ3v) is 13.6. The summed E-state index contributed by atoms with van der Waals surface area (Å²) in [6.07, 6.45) is 50.5. The van der Waals surface area contributed by atoms with Crippen LogP contribution in [0.4, 0.5) is 0 Å². The number of hydrogen-bond acceptors (Lipinski definition) is 8. The number of carbonyl (C=O) groups is 1. The lowest BCUT2D eigenvalue weighted by atomic mass is 9.99. The first kappa shape index (κ1) is 61.7. The summed E-state index contributed by atoms with van der Waals surface area (Å²) >= 11 is 0. The van der Waals surface area contributed by atoms with Crippen molar-refractivity contribution in [2.24, 2.45) is 0 Å². The van der Waals surface area contributed by atoms with Gasteiger partial charge in [-0.05, 0) is 44.9 Å². The van der Waals surface area contributed by atoms with Crippen molar-refractivity contribution in [1.82, 2.24) is 5.32 Å². The molecule has 6 N–H and O–H groups in total. The van der Waals surface area contributed by atoms with Crippen LogP contribution in [0.5, 0.6) is 0 Å². The SMILES string of the molecule is CCCCCCC/C=C\C/C=C\CCCCCCCCCCCCCCCC(=O)NC(COC1OC(CO)C(O)C(O)C1O)C(O)CCCCCCCCCCCCCCCCCCC. The molecule has 0 radical (unpaired) electrons. The zero-order chi connectivity index (χ0) is 47.3. The predicted molar refractivity (Wildman–Crippen MR) is 272 cm³/mol. The van der Waals surface area contributed by atoms with Crippen LogP contribution in [0.1, 0.15) is 271 Å². The molecule has 1 amide bonds. The molecule has 1 heterocycles. The molecule has 384 valence electrons. The Morgan fingerprint density at radius 3 is 1.32 bits per heavy atom. The molecular weight excluding hydrogens is 815 g/mol. The summed E-state index contributed by atoms with van der Waals surface area (Å²) in [6, 6.07) is -0.717. The first-order valence-corrected chi connectivity index (χ1v) is 28.0. The fraction of sp³-hybridized carbons (Fsp3) is 0.911. The van der Waals surface area contributed by atoms with Crippen LogP contribution in [0.25, 0.3) is 0 Å². The Labute approximate surface area is 400 Å². The van der Waals surface area contributed by atoms with Crippen molar-refractivity contribution in [1.29, 1.82) is 0 Å². The van der Waals surface area contributed by atoms with Crippen LogP contribution in [0.3, 0.4) is 0 Å². The van der Waals surface area contributed by atoms with Crippen LogP contribution >= 0.6 is 0 Å². The molecule has 9 nitrogen and oxygen atoms in total. The number of allylic oxidation sites excluding steroid dienone is 4. The molecule has 0 spiro atoms. The van der Waals surface area contributed by atoms with E-state index in [0.29, 0.717) is 12.8 Å². The van der Waals surface area contributed by atoms with Gasteiger partial charge < -0.3 is 40.3 Å². The lowest BCUT2D eigenvalue weighted by Gasteiger charge is -2.40. The van der Waals surface area contributed by atoms with Crippen molar-refractivity contribution in [2.75, 3.05) is 13.2 Å². The lowest BCUT2D eigenvalue weighted by molar-refractivity contribution is -0.302. The van der Waals surface area contributed by atoms with Crippen molar-refractivity contribution in [3.8, 4) is 0 Å². The largest absolute Gasteiger partial charge is 0.394 e. The molecule has 7 atom stereocenters. The minimum atomic E-state index is -1.55.